The topological polar surface area (TPSA) is 39.1 Å². The summed E-state index contributed by atoms with van der Waals surface area (Å²) >= 11 is 2.22. The van der Waals surface area contributed by atoms with E-state index < -0.39 is 18.1 Å². The second kappa shape index (κ2) is 5.30. The zero-order valence-electron chi connectivity index (χ0n) is 12.0. The average Bonchev–Trinajstić information content (AvgIpc) is 2.72. The molecule has 1 aromatic carbocycles. The molecule has 108 valence electrons. The van der Waals surface area contributed by atoms with Crippen molar-refractivity contribution in [1.82, 2.24) is 3.97 Å². The minimum atomic E-state index is -3.48. The summed E-state index contributed by atoms with van der Waals surface area (Å²) in [5, 5.41) is 1.17. The summed E-state index contributed by atoms with van der Waals surface area (Å²) in [7, 11) is -5.02. The van der Waals surface area contributed by atoms with Gasteiger partial charge in [-0.05, 0) is 46.8 Å². The van der Waals surface area contributed by atoms with Crippen LogP contribution in [0.4, 0.5) is 0 Å². The molecule has 20 heavy (non-hydrogen) atoms. The van der Waals surface area contributed by atoms with E-state index in [1.807, 2.05) is 19.1 Å². The molecule has 0 atom stereocenters. The first kappa shape index (κ1) is 15.8. The van der Waals surface area contributed by atoms with Gasteiger partial charge in [-0.1, -0.05) is 37.3 Å². The predicted octanol–water partition coefficient (Wildman–Crippen LogP) is 3.18. The molecule has 3 nitrogen and oxygen atoms in total. The second-order valence-electron chi connectivity index (χ2n) is 5.92. The SMILES string of the molecule is Cc1ccc(S(=O)(=O)n2cc(I)c([Si](C)(C)C)c2)cc1. The fourth-order valence-corrected chi connectivity index (χ4v) is 7.60. The highest BCUT2D eigenvalue weighted by Crippen LogP contribution is 2.18. The summed E-state index contributed by atoms with van der Waals surface area (Å²) in [6.45, 7) is 8.59. The molecule has 0 aliphatic carbocycles. The van der Waals surface area contributed by atoms with Gasteiger partial charge in [-0.2, -0.15) is 0 Å². The first-order valence-corrected chi connectivity index (χ1v) is 12.3. The number of hydrogen-bond acceptors (Lipinski definition) is 2. The zero-order valence-corrected chi connectivity index (χ0v) is 16.0. The van der Waals surface area contributed by atoms with Gasteiger partial charge < -0.3 is 0 Å². The second-order valence-corrected chi connectivity index (χ2v) is 14.0. The molecule has 0 spiro atoms. The highest BCUT2D eigenvalue weighted by atomic mass is 127. The first-order valence-electron chi connectivity index (χ1n) is 6.32. The molecular formula is C14H18INO2SSi. The molecule has 0 fully saturated rings. The number of rotatable bonds is 3. The van der Waals surface area contributed by atoms with E-state index in [2.05, 4.69) is 42.2 Å². The minimum absolute atomic E-state index is 0.330. The molecule has 1 aromatic heterocycles. The van der Waals surface area contributed by atoms with Crippen molar-refractivity contribution in [3.63, 3.8) is 0 Å². The Morgan fingerprint density at radius 1 is 1.05 bits per heavy atom. The van der Waals surface area contributed by atoms with Crippen molar-refractivity contribution in [2.45, 2.75) is 31.5 Å². The Balaban J connectivity index is 2.53. The fourth-order valence-electron chi connectivity index (χ4n) is 1.93. The summed E-state index contributed by atoms with van der Waals surface area (Å²) in [5.41, 5.74) is 1.05. The van der Waals surface area contributed by atoms with Crippen LogP contribution in [0.1, 0.15) is 5.56 Å². The maximum absolute atomic E-state index is 12.6. The summed E-state index contributed by atoms with van der Waals surface area (Å²) in [6.07, 6.45) is 3.49. The van der Waals surface area contributed by atoms with Crippen LogP contribution in [0.2, 0.25) is 19.6 Å². The van der Waals surface area contributed by atoms with Crippen LogP contribution in [0.15, 0.2) is 41.6 Å². The Labute approximate surface area is 135 Å². The molecule has 2 aromatic rings. The molecular weight excluding hydrogens is 401 g/mol. The van der Waals surface area contributed by atoms with E-state index in [-0.39, 0.29) is 0 Å². The van der Waals surface area contributed by atoms with E-state index in [1.165, 1.54) is 9.16 Å². The van der Waals surface area contributed by atoms with Gasteiger partial charge >= 0.3 is 0 Å². The van der Waals surface area contributed by atoms with Crippen molar-refractivity contribution in [3.8, 4) is 0 Å². The van der Waals surface area contributed by atoms with Crippen LogP contribution in [0.3, 0.4) is 0 Å². The van der Waals surface area contributed by atoms with Crippen molar-refractivity contribution in [1.29, 1.82) is 0 Å². The smallest absolute Gasteiger partial charge is 0.248 e. The lowest BCUT2D eigenvalue weighted by Crippen LogP contribution is -2.38. The van der Waals surface area contributed by atoms with E-state index in [1.54, 1.807) is 24.5 Å². The number of benzene rings is 1. The van der Waals surface area contributed by atoms with Crippen LogP contribution in [0.5, 0.6) is 0 Å². The quantitative estimate of drug-likeness (QED) is 0.566. The molecule has 0 aliphatic rings. The maximum Gasteiger partial charge on any atom is 0.267 e. The molecule has 0 radical (unpaired) electrons. The van der Waals surface area contributed by atoms with Crippen molar-refractivity contribution >= 4 is 45.9 Å². The molecule has 6 heteroatoms. The van der Waals surface area contributed by atoms with Crippen molar-refractivity contribution < 1.29 is 8.42 Å². The number of aryl methyl sites for hydroxylation is 1. The Bertz CT molecular complexity index is 728. The van der Waals surface area contributed by atoms with Gasteiger partial charge in [0.05, 0.1) is 13.0 Å². The highest BCUT2D eigenvalue weighted by molar-refractivity contribution is 14.1. The van der Waals surface area contributed by atoms with Gasteiger partial charge in [-0.15, -0.1) is 0 Å². The zero-order chi connectivity index (χ0) is 15.1. The van der Waals surface area contributed by atoms with Gasteiger partial charge in [-0.25, -0.2) is 12.4 Å². The van der Waals surface area contributed by atoms with Crippen LogP contribution >= 0.6 is 22.6 Å². The summed E-state index contributed by atoms with van der Waals surface area (Å²) in [4.78, 5) is 0.330. The molecule has 0 aliphatic heterocycles. The third kappa shape index (κ3) is 3.01. The van der Waals surface area contributed by atoms with Crippen LogP contribution < -0.4 is 5.19 Å². The monoisotopic (exact) mass is 419 g/mol. The lowest BCUT2D eigenvalue weighted by molar-refractivity contribution is 0.587. The Kier molecular flexibility index (Phi) is 4.19. The number of nitrogens with zero attached hydrogens (tertiary/aromatic N) is 1. The predicted molar refractivity (Wildman–Crippen MR) is 93.9 cm³/mol. The standard InChI is InChI=1S/C14H18INO2SSi/c1-11-5-7-12(8-6-11)19(17,18)16-9-13(15)14(10-16)20(2,3)4/h5-10H,1-4H3. The summed E-state index contributed by atoms with van der Waals surface area (Å²) in [5.74, 6) is 0. The van der Waals surface area contributed by atoms with Gasteiger partial charge in [0.2, 0.25) is 0 Å². The van der Waals surface area contributed by atoms with Gasteiger partial charge in [0, 0.05) is 16.0 Å². The molecule has 0 saturated carbocycles. The lowest BCUT2D eigenvalue weighted by Gasteiger charge is -2.14. The maximum atomic E-state index is 12.6. The lowest BCUT2D eigenvalue weighted by atomic mass is 10.2. The highest BCUT2D eigenvalue weighted by Gasteiger charge is 2.25. The number of aromatic nitrogens is 1. The van der Waals surface area contributed by atoms with Crippen LogP contribution in [-0.4, -0.2) is 20.5 Å². The molecule has 2 rings (SSSR count). The summed E-state index contributed by atoms with van der Waals surface area (Å²) < 4.78 is 27.6. The first-order chi connectivity index (χ1) is 9.12. The van der Waals surface area contributed by atoms with Crippen molar-refractivity contribution in [3.05, 3.63) is 45.8 Å². The normalized spacial score (nSPS) is 12.7. The van der Waals surface area contributed by atoms with Crippen molar-refractivity contribution in [2.75, 3.05) is 0 Å². The fraction of sp³-hybridized carbons (Fsp3) is 0.286. The molecule has 0 amide bonds. The Hall–Kier alpha value is -0.603. The molecule has 0 saturated heterocycles. The molecule has 0 unspecified atom stereocenters. The van der Waals surface area contributed by atoms with E-state index in [4.69, 9.17) is 0 Å². The number of halogens is 1. The van der Waals surface area contributed by atoms with E-state index in [0.717, 1.165) is 9.13 Å². The van der Waals surface area contributed by atoms with Gasteiger partial charge in [0.15, 0.2) is 0 Å². The Morgan fingerprint density at radius 2 is 1.60 bits per heavy atom. The van der Waals surface area contributed by atoms with Crippen LogP contribution in [-0.2, 0) is 10.0 Å². The van der Waals surface area contributed by atoms with Gasteiger partial charge in [-0.3, -0.25) is 0 Å². The third-order valence-corrected chi connectivity index (χ3v) is 8.18. The molecule has 0 N–H and O–H groups in total. The van der Waals surface area contributed by atoms with E-state index in [9.17, 15) is 8.42 Å². The minimum Gasteiger partial charge on any atom is -0.248 e. The average molecular weight is 419 g/mol. The largest absolute Gasteiger partial charge is 0.267 e. The van der Waals surface area contributed by atoms with Gasteiger partial charge in [0.1, 0.15) is 0 Å². The summed E-state index contributed by atoms with van der Waals surface area (Å²) in [6, 6.07) is 6.96. The molecule has 1 heterocycles. The van der Waals surface area contributed by atoms with Crippen LogP contribution in [0, 0.1) is 10.5 Å². The van der Waals surface area contributed by atoms with Crippen molar-refractivity contribution in [2.24, 2.45) is 0 Å². The van der Waals surface area contributed by atoms with Gasteiger partial charge in [0.25, 0.3) is 10.0 Å². The van der Waals surface area contributed by atoms with E-state index in [0.29, 0.717) is 4.90 Å². The Morgan fingerprint density at radius 3 is 2.05 bits per heavy atom. The van der Waals surface area contributed by atoms with E-state index >= 15 is 0 Å². The third-order valence-electron chi connectivity index (χ3n) is 3.16. The molecule has 0 bridgehead atoms. The number of hydrogen-bond donors (Lipinski definition) is 0. The van der Waals surface area contributed by atoms with Crippen LogP contribution in [0.25, 0.3) is 0 Å².